The van der Waals surface area contributed by atoms with Crippen molar-refractivity contribution >= 4 is 11.8 Å². The summed E-state index contributed by atoms with van der Waals surface area (Å²) in [6.45, 7) is 4.40. The van der Waals surface area contributed by atoms with Gasteiger partial charge < -0.3 is 24.7 Å². The molecule has 1 aromatic carbocycles. The fourth-order valence-corrected chi connectivity index (χ4v) is 2.72. The van der Waals surface area contributed by atoms with E-state index in [1.807, 2.05) is 31.2 Å². The highest BCUT2D eigenvalue weighted by Gasteiger charge is 2.22. The van der Waals surface area contributed by atoms with Crippen LogP contribution in [0.25, 0.3) is 0 Å². The zero-order chi connectivity index (χ0) is 19.1. The molecule has 0 radical (unpaired) electrons. The highest BCUT2D eigenvalue weighted by atomic mass is 16.5. The number of fused-ring (bicyclic) bond motifs is 1. The highest BCUT2D eigenvalue weighted by Crippen LogP contribution is 2.17. The lowest BCUT2D eigenvalue weighted by molar-refractivity contribution is -0.121. The molecule has 1 aromatic heterocycles. The van der Waals surface area contributed by atoms with Crippen molar-refractivity contribution < 1.29 is 19.1 Å². The molecule has 0 bridgehead atoms. The number of amides is 2. The van der Waals surface area contributed by atoms with Gasteiger partial charge in [-0.1, -0.05) is 0 Å². The molecule has 0 atom stereocenters. The van der Waals surface area contributed by atoms with Gasteiger partial charge in [-0.05, 0) is 37.6 Å². The molecular weight excluding hydrogens is 350 g/mol. The lowest BCUT2D eigenvalue weighted by Gasteiger charge is -2.15. The van der Waals surface area contributed by atoms with E-state index in [9.17, 15) is 9.59 Å². The average molecular weight is 373 g/mol. The third-order valence-electron chi connectivity index (χ3n) is 4.05. The zero-order valence-electron chi connectivity index (χ0n) is 15.2. The Bertz CT molecular complexity index is 788. The molecule has 1 aliphatic rings. The van der Waals surface area contributed by atoms with Gasteiger partial charge in [0.05, 0.1) is 19.8 Å². The monoisotopic (exact) mass is 373 g/mol. The summed E-state index contributed by atoms with van der Waals surface area (Å²) in [4.78, 5) is 23.6. The second-order valence-corrected chi connectivity index (χ2v) is 5.98. The largest absolute Gasteiger partial charge is 0.494 e. The van der Waals surface area contributed by atoms with Gasteiger partial charge in [-0.25, -0.2) is 0 Å². The molecule has 3 rings (SSSR count). The Morgan fingerprint density at radius 3 is 2.70 bits per heavy atom. The summed E-state index contributed by atoms with van der Waals surface area (Å²) < 4.78 is 12.7. The van der Waals surface area contributed by atoms with Crippen LogP contribution < -0.4 is 20.1 Å². The van der Waals surface area contributed by atoms with E-state index in [-0.39, 0.29) is 24.2 Å². The van der Waals surface area contributed by atoms with Gasteiger partial charge in [-0.15, -0.1) is 10.2 Å². The molecule has 2 amide bonds. The van der Waals surface area contributed by atoms with E-state index in [2.05, 4.69) is 20.8 Å². The first-order valence-electron chi connectivity index (χ1n) is 9.00. The Balaban J connectivity index is 1.36. The van der Waals surface area contributed by atoms with Crippen molar-refractivity contribution in [3.05, 3.63) is 35.9 Å². The summed E-state index contributed by atoms with van der Waals surface area (Å²) in [7, 11) is 0. The Hall–Kier alpha value is -3.10. The van der Waals surface area contributed by atoms with Crippen LogP contribution >= 0.6 is 0 Å². The van der Waals surface area contributed by atoms with E-state index in [4.69, 9.17) is 9.47 Å². The predicted octanol–water partition coefficient (Wildman–Crippen LogP) is 0.896. The van der Waals surface area contributed by atoms with Gasteiger partial charge in [-0.3, -0.25) is 9.59 Å². The Kier molecular flexibility index (Phi) is 6.24. The molecule has 9 heteroatoms. The predicted molar refractivity (Wildman–Crippen MR) is 96.5 cm³/mol. The number of carbonyl (C=O) groups excluding carboxylic acids is 2. The molecule has 0 saturated heterocycles. The average Bonchev–Trinajstić information content (AvgIpc) is 3.10. The number of rotatable bonds is 9. The maximum atomic E-state index is 12.0. The van der Waals surface area contributed by atoms with Crippen LogP contribution in [0.5, 0.6) is 11.5 Å². The molecule has 1 aliphatic heterocycles. The van der Waals surface area contributed by atoms with E-state index in [1.54, 1.807) is 4.57 Å². The lowest BCUT2D eigenvalue weighted by Crippen LogP contribution is -2.37. The van der Waals surface area contributed by atoms with Crippen LogP contribution in [-0.4, -0.2) is 46.3 Å². The molecule has 27 heavy (non-hydrogen) atoms. The van der Waals surface area contributed by atoms with Gasteiger partial charge in [0.25, 0.3) is 5.91 Å². The topological polar surface area (TPSA) is 107 Å². The van der Waals surface area contributed by atoms with Gasteiger partial charge in [0.15, 0.2) is 5.82 Å². The molecule has 2 N–H and O–H groups in total. The van der Waals surface area contributed by atoms with E-state index < -0.39 is 0 Å². The minimum atomic E-state index is -0.238. The van der Waals surface area contributed by atoms with Gasteiger partial charge in [0.2, 0.25) is 11.7 Å². The summed E-state index contributed by atoms with van der Waals surface area (Å²) >= 11 is 0. The summed E-state index contributed by atoms with van der Waals surface area (Å²) in [6, 6.07) is 7.39. The molecular formula is C18H23N5O4. The molecule has 9 nitrogen and oxygen atoms in total. The van der Waals surface area contributed by atoms with Crippen molar-refractivity contribution in [2.45, 2.75) is 32.9 Å². The standard InChI is InChI=1S/C18H23N5O4/c1-2-26-13-5-7-14(8-6-13)27-11-3-4-16(24)20-12-15-21-22-17-18(25)19-9-10-23(15)17/h5-8H,2-4,9-12H2,1H3,(H,19,25)(H,20,24). The Morgan fingerprint density at radius 2 is 1.96 bits per heavy atom. The van der Waals surface area contributed by atoms with E-state index in [0.29, 0.717) is 45.0 Å². The van der Waals surface area contributed by atoms with Gasteiger partial charge >= 0.3 is 0 Å². The Labute approximate surface area is 157 Å². The molecule has 2 aromatic rings. The van der Waals surface area contributed by atoms with Gasteiger partial charge in [-0.2, -0.15) is 0 Å². The van der Waals surface area contributed by atoms with Crippen LogP contribution in [0.2, 0.25) is 0 Å². The van der Waals surface area contributed by atoms with Crippen LogP contribution in [-0.2, 0) is 17.9 Å². The van der Waals surface area contributed by atoms with Crippen LogP contribution in [0, 0.1) is 0 Å². The highest BCUT2D eigenvalue weighted by molar-refractivity contribution is 5.91. The number of benzene rings is 1. The number of nitrogens with one attached hydrogen (secondary N) is 2. The van der Waals surface area contributed by atoms with Crippen molar-refractivity contribution in [3.63, 3.8) is 0 Å². The first-order valence-corrected chi connectivity index (χ1v) is 9.00. The van der Waals surface area contributed by atoms with Crippen molar-refractivity contribution in [2.75, 3.05) is 19.8 Å². The zero-order valence-corrected chi connectivity index (χ0v) is 15.2. The third-order valence-corrected chi connectivity index (χ3v) is 4.05. The fraction of sp³-hybridized carbons (Fsp3) is 0.444. The number of carbonyl (C=O) groups is 2. The minimum Gasteiger partial charge on any atom is -0.494 e. The molecule has 0 saturated carbocycles. The number of hydrogen-bond acceptors (Lipinski definition) is 6. The first-order chi connectivity index (χ1) is 13.2. The molecule has 0 aliphatic carbocycles. The first kappa shape index (κ1) is 18.7. The second-order valence-electron chi connectivity index (χ2n) is 5.98. The normalized spacial score (nSPS) is 12.9. The molecule has 2 heterocycles. The quantitative estimate of drug-likeness (QED) is 0.632. The van der Waals surface area contributed by atoms with Crippen molar-refractivity contribution in [2.24, 2.45) is 0 Å². The van der Waals surface area contributed by atoms with Crippen molar-refractivity contribution in [3.8, 4) is 11.5 Å². The third kappa shape index (κ3) is 4.96. The fourth-order valence-electron chi connectivity index (χ4n) is 2.72. The summed E-state index contributed by atoms with van der Waals surface area (Å²) in [6.07, 6.45) is 0.942. The smallest absolute Gasteiger partial charge is 0.289 e. The summed E-state index contributed by atoms with van der Waals surface area (Å²) in [5, 5.41) is 13.3. The lowest BCUT2D eigenvalue weighted by atomic mass is 10.3. The molecule has 0 unspecified atom stereocenters. The number of hydrogen-bond donors (Lipinski definition) is 2. The van der Waals surface area contributed by atoms with E-state index in [1.165, 1.54) is 0 Å². The summed E-state index contributed by atoms with van der Waals surface area (Å²) in [5.74, 6) is 2.08. The van der Waals surface area contributed by atoms with Gasteiger partial charge in [0.1, 0.15) is 11.5 Å². The number of aromatic nitrogens is 3. The minimum absolute atomic E-state index is 0.0945. The molecule has 0 fully saturated rings. The summed E-state index contributed by atoms with van der Waals surface area (Å²) in [5.41, 5.74) is 0. The SMILES string of the molecule is CCOc1ccc(OCCCC(=O)NCc2nnc3n2CCNC3=O)cc1. The van der Waals surface area contributed by atoms with Crippen molar-refractivity contribution in [1.29, 1.82) is 0 Å². The number of ether oxygens (including phenoxy) is 2. The number of nitrogens with zero attached hydrogens (tertiary/aromatic N) is 3. The molecule has 0 spiro atoms. The second kappa shape index (κ2) is 9.02. The van der Waals surface area contributed by atoms with E-state index >= 15 is 0 Å². The van der Waals surface area contributed by atoms with Crippen LogP contribution in [0.3, 0.4) is 0 Å². The van der Waals surface area contributed by atoms with E-state index in [0.717, 1.165) is 11.5 Å². The van der Waals surface area contributed by atoms with Gasteiger partial charge in [0, 0.05) is 19.5 Å². The van der Waals surface area contributed by atoms with Crippen LogP contribution in [0.1, 0.15) is 36.2 Å². The maximum absolute atomic E-state index is 12.0. The molecule has 144 valence electrons. The van der Waals surface area contributed by atoms with Crippen LogP contribution in [0.4, 0.5) is 0 Å². The van der Waals surface area contributed by atoms with Crippen molar-refractivity contribution in [1.82, 2.24) is 25.4 Å². The van der Waals surface area contributed by atoms with Crippen LogP contribution in [0.15, 0.2) is 24.3 Å². The Morgan fingerprint density at radius 1 is 1.22 bits per heavy atom. The maximum Gasteiger partial charge on any atom is 0.289 e.